The molecule has 9 aromatic carbocycles. The second kappa shape index (κ2) is 11.7. The highest BCUT2D eigenvalue weighted by Gasteiger charge is 2.20. The lowest BCUT2D eigenvalue weighted by Crippen LogP contribution is -2.00. The second-order valence-electron chi connectivity index (χ2n) is 13.6. The van der Waals surface area contributed by atoms with Crippen molar-refractivity contribution in [3.63, 3.8) is 0 Å². The number of furan rings is 1. The average Bonchev–Trinajstić information content (AvgIpc) is 3.61. The molecule has 0 aliphatic carbocycles. The van der Waals surface area contributed by atoms with Gasteiger partial charge in [-0.05, 0) is 84.5 Å². The number of hydrogen-bond acceptors (Lipinski definition) is 4. The van der Waals surface area contributed by atoms with Crippen molar-refractivity contribution in [1.29, 1.82) is 0 Å². The van der Waals surface area contributed by atoms with Crippen molar-refractivity contribution < 1.29 is 4.42 Å². The fourth-order valence-electron chi connectivity index (χ4n) is 7.87. The van der Waals surface area contributed by atoms with Gasteiger partial charge in [0.25, 0.3) is 0 Å². The van der Waals surface area contributed by atoms with Crippen LogP contribution in [0.2, 0.25) is 0 Å². The molecule has 4 heteroatoms. The molecule has 2 heterocycles. The van der Waals surface area contributed by atoms with Crippen LogP contribution >= 0.6 is 0 Å². The summed E-state index contributed by atoms with van der Waals surface area (Å²) >= 11 is 0. The molecule has 0 unspecified atom stereocenters. The number of fused-ring (bicyclic) bond motifs is 9. The molecule has 0 N–H and O–H groups in total. The molecule has 2 aromatic heterocycles. The van der Waals surface area contributed by atoms with Gasteiger partial charge in [0.1, 0.15) is 11.2 Å². The van der Waals surface area contributed by atoms with Crippen LogP contribution in [-0.2, 0) is 0 Å². The number of nitrogens with zero attached hydrogens (tertiary/aromatic N) is 3. The third-order valence-corrected chi connectivity index (χ3v) is 10.5. The average molecular weight is 676 g/mol. The van der Waals surface area contributed by atoms with Gasteiger partial charge in [0.2, 0.25) is 0 Å². The van der Waals surface area contributed by atoms with Crippen LogP contribution in [0.1, 0.15) is 0 Å². The van der Waals surface area contributed by atoms with E-state index in [1.54, 1.807) is 0 Å². The Morgan fingerprint density at radius 3 is 1.75 bits per heavy atom. The Hall–Kier alpha value is -7.17. The molecule has 0 radical (unpaired) electrons. The zero-order chi connectivity index (χ0) is 34.9. The molecule has 4 nitrogen and oxygen atoms in total. The molecule has 0 saturated carbocycles. The normalized spacial score (nSPS) is 11.8. The van der Waals surface area contributed by atoms with Crippen molar-refractivity contribution in [2.45, 2.75) is 0 Å². The maximum atomic E-state index is 6.59. The second-order valence-corrected chi connectivity index (χ2v) is 13.6. The Labute approximate surface area is 304 Å². The maximum absolute atomic E-state index is 6.59. The van der Waals surface area contributed by atoms with Crippen LogP contribution in [-0.4, -0.2) is 15.0 Å². The van der Waals surface area contributed by atoms with Crippen LogP contribution in [0.25, 0.3) is 110 Å². The number of benzene rings is 9. The Morgan fingerprint density at radius 1 is 0.302 bits per heavy atom. The van der Waals surface area contributed by atoms with Gasteiger partial charge >= 0.3 is 0 Å². The molecule has 0 atom stereocenters. The molecule has 0 spiro atoms. The van der Waals surface area contributed by atoms with Crippen molar-refractivity contribution in [2.24, 2.45) is 0 Å². The van der Waals surface area contributed by atoms with Gasteiger partial charge in [-0.25, -0.2) is 15.0 Å². The third-order valence-electron chi connectivity index (χ3n) is 10.5. The van der Waals surface area contributed by atoms with Gasteiger partial charge < -0.3 is 4.42 Å². The molecule has 0 saturated heterocycles. The van der Waals surface area contributed by atoms with Gasteiger partial charge in [0.15, 0.2) is 17.5 Å². The summed E-state index contributed by atoms with van der Waals surface area (Å²) in [6.07, 6.45) is 0. The summed E-state index contributed by atoms with van der Waals surface area (Å²) in [5, 5.41) is 11.7. The predicted molar refractivity (Wildman–Crippen MR) is 219 cm³/mol. The Bertz CT molecular complexity index is 3240. The lowest BCUT2D eigenvalue weighted by atomic mass is 9.93. The lowest BCUT2D eigenvalue weighted by Gasteiger charge is -2.12. The zero-order valence-corrected chi connectivity index (χ0v) is 28.5. The summed E-state index contributed by atoms with van der Waals surface area (Å²) in [4.78, 5) is 15.5. The van der Waals surface area contributed by atoms with E-state index in [4.69, 9.17) is 19.4 Å². The summed E-state index contributed by atoms with van der Waals surface area (Å²) in [6, 6.07) is 61.7. The largest absolute Gasteiger partial charge is 0.456 e. The van der Waals surface area contributed by atoms with Gasteiger partial charge in [-0.2, -0.15) is 0 Å². The van der Waals surface area contributed by atoms with Gasteiger partial charge in [0.05, 0.1) is 0 Å². The number of rotatable bonds is 4. The number of aromatic nitrogens is 3. The highest BCUT2D eigenvalue weighted by molar-refractivity contribution is 6.18. The molecule has 246 valence electrons. The van der Waals surface area contributed by atoms with Crippen molar-refractivity contribution in [2.75, 3.05) is 0 Å². The quantitative estimate of drug-likeness (QED) is 0.174. The van der Waals surface area contributed by atoms with Crippen molar-refractivity contribution in [1.82, 2.24) is 15.0 Å². The van der Waals surface area contributed by atoms with E-state index in [-0.39, 0.29) is 0 Å². The molecule has 0 fully saturated rings. The van der Waals surface area contributed by atoms with Crippen LogP contribution in [0, 0.1) is 0 Å². The minimum absolute atomic E-state index is 0.595. The molecule has 0 aliphatic heterocycles. The van der Waals surface area contributed by atoms with E-state index in [0.29, 0.717) is 17.5 Å². The zero-order valence-electron chi connectivity index (χ0n) is 28.5. The standard InChI is InChI=1S/C49H29N3O/c1-2-12-33(13-3-1)47-50-48(36-21-18-30-10-4-5-14-34(30)26-36)52-49(51-47)43-28-37(29-45-46(43)41-16-8-9-17-44(41)53-45)35-20-19-32-23-24-39-38-15-7-6-11-31(38)22-25-40(39)42(32)27-35/h1-29H. The molecular formula is C49H29N3O. The molecule has 0 aliphatic rings. The van der Waals surface area contributed by atoms with Gasteiger partial charge in [-0.15, -0.1) is 0 Å². The molecule has 11 aromatic rings. The van der Waals surface area contributed by atoms with E-state index in [0.717, 1.165) is 55.1 Å². The van der Waals surface area contributed by atoms with Crippen molar-refractivity contribution in [3.05, 3.63) is 176 Å². The van der Waals surface area contributed by atoms with Crippen LogP contribution < -0.4 is 0 Å². The van der Waals surface area contributed by atoms with Gasteiger partial charge in [-0.1, -0.05) is 146 Å². The first-order chi connectivity index (χ1) is 26.2. The van der Waals surface area contributed by atoms with E-state index >= 15 is 0 Å². The smallest absolute Gasteiger partial charge is 0.164 e. The topological polar surface area (TPSA) is 51.8 Å². The minimum atomic E-state index is 0.595. The monoisotopic (exact) mass is 675 g/mol. The summed E-state index contributed by atoms with van der Waals surface area (Å²) in [5.74, 6) is 1.84. The van der Waals surface area contributed by atoms with E-state index in [2.05, 4.69) is 133 Å². The summed E-state index contributed by atoms with van der Waals surface area (Å²) in [6.45, 7) is 0. The summed E-state index contributed by atoms with van der Waals surface area (Å²) < 4.78 is 6.59. The fourth-order valence-corrected chi connectivity index (χ4v) is 7.87. The lowest BCUT2D eigenvalue weighted by molar-refractivity contribution is 0.669. The van der Waals surface area contributed by atoms with Crippen LogP contribution in [0.5, 0.6) is 0 Å². The first kappa shape index (κ1) is 29.5. The minimum Gasteiger partial charge on any atom is -0.456 e. The van der Waals surface area contributed by atoms with Gasteiger partial charge in [0, 0.05) is 27.5 Å². The maximum Gasteiger partial charge on any atom is 0.164 e. The number of hydrogen-bond donors (Lipinski definition) is 0. The molecule has 0 bridgehead atoms. The first-order valence-corrected chi connectivity index (χ1v) is 17.8. The molecule has 53 heavy (non-hydrogen) atoms. The molecule has 0 amide bonds. The van der Waals surface area contributed by atoms with Crippen molar-refractivity contribution >= 4 is 65.0 Å². The summed E-state index contributed by atoms with van der Waals surface area (Å²) in [5.41, 5.74) is 6.49. The Morgan fingerprint density at radius 2 is 0.906 bits per heavy atom. The number of para-hydroxylation sites is 1. The van der Waals surface area contributed by atoms with E-state index < -0.39 is 0 Å². The SMILES string of the molecule is c1ccc(-c2nc(-c3ccc4ccccc4c3)nc(-c3cc(-c4ccc5ccc6c7ccccc7ccc6c5c4)cc4oc5ccccc5c34)n2)cc1. The summed E-state index contributed by atoms with van der Waals surface area (Å²) in [7, 11) is 0. The van der Waals surface area contributed by atoms with Crippen LogP contribution in [0.4, 0.5) is 0 Å². The van der Waals surface area contributed by atoms with E-state index in [1.165, 1.54) is 37.7 Å². The van der Waals surface area contributed by atoms with Crippen molar-refractivity contribution in [3.8, 4) is 45.3 Å². The van der Waals surface area contributed by atoms with Crippen LogP contribution in [0.3, 0.4) is 0 Å². The Kier molecular flexibility index (Phi) is 6.52. The van der Waals surface area contributed by atoms with E-state index in [9.17, 15) is 0 Å². The highest BCUT2D eigenvalue weighted by atomic mass is 16.3. The first-order valence-electron chi connectivity index (χ1n) is 17.8. The molecular weight excluding hydrogens is 647 g/mol. The fraction of sp³-hybridized carbons (Fsp3) is 0. The van der Waals surface area contributed by atoms with E-state index in [1.807, 2.05) is 42.5 Å². The highest BCUT2D eigenvalue weighted by Crippen LogP contribution is 2.41. The van der Waals surface area contributed by atoms with Crippen LogP contribution in [0.15, 0.2) is 180 Å². The third kappa shape index (κ3) is 4.88. The van der Waals surface area contributed by atoms with Gasteiger partial charge in [-0.3, -0.25) is 0 Å². The predicted octanol–water partition coefficient (Wildman–Crippen LogP) is 13.1. The molecule has 11 rings (SSSR count). The Balaban J connectivity index is 1.17.